The van der Waals surface area contributed by atoms with Crippen LogP contribution in [-0.2, 0) is 11.2 Å². The quantitative estimate of drug-likeness (QED) is 0.706. The van der Waals surface area contributed by atoms with E-state index in [1.54, 1.807) is 0 Å². The minimum atomic E-state index is -0.240. The number of amides is 1. The topological polar surface area (TPSA) is 44.1 Å². The molecule has 2 aromatic carbocycles. The summed E-state index contributed by atoms with van der Waals surface area (Å²) in [5.41, 5.74) is 4.40. The molecule has 1 aliphatic carbocycles. The Balaban J connectivity index is 1.72. The Hall–Kier alpha value is -2.38. The lowest BCUT2D eigenvalue weighted by atomic mass is 9.87. The number of carbonyl (C=O) groups excluding carboxylic acids is 1. The number of likely N-dealkylation sites (tertiary alicyclic amines) is 1. The molecule has 2 aromatic rings. The van der Waals surface area contributed by atoms with Gasteiger partial charge in [-0.2, -0.15) is 5.26 Å². The van der Waals surface area contributed by atoms with Crippen LogP contribution in [0, 0.1) is 17.4 Å². The molecule has 1 fully saturated rings. The highest BCUT2D eigenvalue weighted by molar-refractivity contribution is 9.10. The highest BCUT2D eigenvalue weighted by Gasteiger charge is 2.49. The van der Waals surface area contributed by atoms with Crippen LogP contribution >= 0.6 is 15.9 Å². The van der Waals surface area contributed by atoms with Gasteiger partial charge in [0.2, 0.25) is 5.91 Å². The number of fused-ring (bicyclic) bond motifs is 1. The summed E-state index contributed by atoms with van der Waals surface area (Å²) in [4.78, 5) is 14.2. The van der Waals surface area contributed by atoms with Gasteiger partial charge in [0.05, 0.1) is 5.92 Å². The summed E-state index contributed by atoms with van der Waals surface area (Å²) in [5.74, 6) is -0.210. The van der Waals surface area contributed by atoms with E-state index >= 15 is 0 Å². The van der Waals surface area contributed by atoms with Crippen molar-refractivity contribution in [3.8, 4) is 6.19 Å². The predicted octanol–water partition coefficient (Wildman–Crippen LogP) is 4.76. The van der Waals surface area contributed by atoms with Crippen molar-refractivity contribution in [3.63, 3.8) is 0 Å². The van der Waals surface area contributed by atoms with Crippen LogP contribution < -0.4 is 0 Å². The number of nitrogens with zero attached hydrogens (tertiary/aromatic N) is 2. The molecule has 1 heterocycles. The van der Waals surface area contributed by atoms with E-state index in [2.05, 4.69) is 34.3 Å². The first kappa shape index (κ1) is 16.1. The van der Waals surface area contributed by atoms with E-state index < -0.39 is 0 Å². The molecule has 0 bridgehead atoms. The number of nitriles is 1. The van der Waals surface area contributed by atoms with E-state index in [0.29, 0.717) is 0 Å². The summed E-state index contributed by atoms with van der Waals surface area (Å²) in [7, 11) is 0. The van der Waals surface area contributed by atoms with Crippen LogP contribution in [0.3, 0.4) is 0 Å². The number of benzene rings is 2. The molecule has 2 atom stereocenters. The maximum atomic E-state index is 12.9. The van der Waals surface area contributed by atoms with E-state index in [9.17, 15) is 10.1 Å². The van der Waals surface area contributed by atoms with Crippen LogP contribution in [0.25, 0.3) is 0 Å². The average molecular weight is 393 g/mol. The third-order valence-electron chi connectivity index (χ3n) is 5.19. The van der Waals surface area contributed by atoms with Gasteiger partial charge in [-0.1, -0.05) is 58.4 Å². The van der Waals surface area contributed by atoms with Gasteiger partial charge in [0.1, 0.15) is 0 Å². The van der Waals surface area contributed by atoms with Crippen molar-refractivity contribution in [1.82, 2.24) is 4.90 Å². The minimum Gasteiger partial charge on any atom is -0.273 e. The Labute approximate surface area is 155 Å². The number of allylic oxidation sites excluding steroid dienone is 2. The Morgan fingerprint density at radius 3 is 2.52 bits per heavy atom. The molecule has 0 saturated carbocycles. The van der Waals surface area contributed by atoms with Gasteiger partial charge >= 0.3 is 0 Å². The van der Waals surface area contributed by atoms with E-state index in [1.165, 1.54) is 16.0 Å². The molecule has 1 aliphatic heterocycles. The molecule has 25 heavy (non-hydrogen) atoms. The van der Waals surface area contributed by atoms with Gasteiger partial charge in [-0.15, -0.1) is 0 Å². The second kappa shape index (κ2) is 6.50. The second-order valence-corrected chi connectivity index (χ2v) is 7.51. The van der Waals surface area contributed by atoms with Crippen LogP contribution in [0.1, 0.15) is 29.9 Å². The van der Waals surface area contributed by atoms with Crippen molar-refractivity contribution in [2.45, 2.75) is 25.2 Å². The molecule has 4 rings (SSSR count). The molecule has 2 unspecified atom stereocenters. The summed E-state index contributed by atoms with van der Waals surface area (Å²) in [5, 5.41) is 9.59. The molecule has 2 aliphatic rings. The fraction of sp³-hybridized carbons (Fsp3) is 0.238. The minimum absolute atomic E-state index is 0.0879. The van der Waals surface area contributed by atoms with Crippen LogP contribution in [0.4, 0.5) is 0 Å². The third-order valence-corrected chi connectivity index (χ3v) is 5.72. The SMILES string of the molecule is N#CN1C(=O)C(c2ccc(Br)cc2)C2CCC(Cc3ccccc3)=C21. The summed E-state index contributed by atoms with van der Waals surface area (Å²) < 4.78 is 0.991. The lowest BCUT2D eigenvalue weighted by Gasteiger charge is -2.14. The molecule has 1 saturated heterocycles. The van der Waals surface area contributed by atoms with Crippen molar-refractivity contribution in [2.75, 3.05) is 0 Å². The molecule has 1 amide bonds. The lowest BCUT2D eigenvalue weighted by Crippen LogP contribution is -2.21. The fourth-order valence-corrected chi connectivity index (χ4v) is 4.37. The first-order valence-corrected chi connectivity index (χ1v) is 9.23. The Bertz CT molecular complexity index is 880. The molecular formula is C21H17BrN2O. The summed E-state index contributed by atoms with van der Waals surface area (Å²) in [6.45, 7) is 0. The third kappa shape index (κ3) is 2.79. The molecule has 0 spiro atoms. The Morgan fingerprint density at radius 2 is 1.84 bits per heavy atom. The van der Waals surface area contributed by atoms with Crippen molar-refractivity contribution in [3.05, 3.63) is 81.5 Å². The molecule has 0 N–H and O–H groups in total. The van der Waals surface area contributed by atoms with Gasteiger partial charge in [0.15, 0.2) is 6.19 Å². The van der Waals surface area contributed by atoms with Crippen LogP contribution in [-0.4, -0.2) is 10.8 Å². The summed E-state index contributed by atoms with van der Waals surface area (Å²) in [6, 6.07) is 18.1. The summed E-state index contributed by atoms with van der Waals surface area (Å²) >= 11 is 3.44. The van der Waals surface area contributed by atoms with Crippen LogP contribution in [0.2, 0.25) is 0 Å². The van der Waals surface area contributed by atoms with Crippen molar-refractivity contribution < 1.29 is 4.79 Å². The average Bonchev–Trinajstić information content (AvgIpc) is 3.14. The first-order valence-electron chi connectivity index (χ1n) is 8.44. The molecule has 0 aromatic heterocycles. The van der Waals surface area contributed by atoms with Crippen LogP contribution in [0.15, 0.2) is 70.3 Å². The fourth-order valence-electron chi connectivity index (χ4n) is 4.10. The maximum Gasteiger partial charge on any atom is 0.248 e. The lowest BCUT2D eigenvalue weighted by molar-refractivity contribution is -0.126. The predicted molar refractivity (Wildman–Crippen MR) is 99.2 cm³/mol. The van der Waals surface area contributed by atoms with Crippen LogP contribution in [0.5, 0.6) is 0 Å². The molecule has 4 heteroatoms. The molecule has 0 radical (unpaired) electrons. The highest BCUT2D eigenvalue weighted by Crippen LogP contribution is 2.50. The normalized spacial score (nSPS) is 22.2. The van der Waals surface area contributed by atoms with Gasteiger partial charge in [0, 0.05) is 16.1 Å². The van der Waals surface area contributed by atoms with E-state index in [1.807, 2.05) is 42.5 Å². The van der Waals surface area contributed by atoms with Gasteiger partial charge in [-0.25, -0.2) is 4.90 Å². The standard InChI is InChI=1S/C21H17BrN2O/c22-17-9-6-15(7-10-17)19-18-11-8-16(12-14-4-2-1-3-5-14)20(18)24(13-23)21(19)25/h1-7,9-10,18-19H,8,11-12H2. The monoisotopic (exact) mass is 392 g/mol. The van der Waals surface area contributed by atoms with Crippen molar-refractivity contribution in [2.24, 2.45) is 5.92 Å². The maximum absolute atomic E-state index is 12.9. The van der Waals surface area contributed by atoms with Crippen molar-refractivity contribution in [1.29, 1.82) is 5.26 Å². The van der Waals surface area contributed by atoms with Gasteiger partial charge < -0.3 is 0 Å². The Kier molecular flexibility index (Phi) is 4.19. The zero-order valence-corrected chi connectivity index (χ0v) is 15.2. The second-order valence-electron chi connectivity index (χ2n) is 6.60. The Morgan fingerprint density at radius 1 is 1.12 bits per heavy atom. The number of hydrogen-bond acceptors (Lipinski definition) is 2. The number of halogens is 1. The number of carbonyl (C=O) groups is 1. The smallest absolute Gasteiger partial charge is 0.248 e. The number of hydrogen-bond donors (Lipinski definition) is 0. The molecule has 3 nitrogen and oxygen atoms in total. The number of rotatable bonds is 3. The summed E-state index contributed by atoms with van der Waals surface area (Å²) in [6.07, 6.45) is 4.82. The highest BCUT2D eigenvalue weighted by atomic mass is 79.9. The van der Waals surface area contributed by atoms with Gasteiger partial charge in [-0.3, -0.25) is 4.79 Å². The largest absolute Gasteiger partial charge is 0.273 e. The van der Waals surface area contributed by atoms with Gasteiger partial charge in [0.25, 0.3) is 0 Å². The molecule has 124 valence electrons. The van der Waals surface area contributed by atoms with E-state index in [-0.39, 0.29) is 17.7 Å². The van der Waals surface area contributed by atoms with Crippen molar-refractivity contribution >= 4 is 21.8 Å². The molecular weight excluding hydrogens is 376 g/mol. The zero-order chi connectivity index (χ0) is 17.4. The first-order chi connectivity index (χ1) is 12.2. The van der Waals surface area contributed by atoms with Gasteiger partial charge in [-0.05, 0) is 48.1 Å². The van der Waals surface area contributed by atoms with E-state index in [0.717, 1.165) is 35.0 Å². The zero-order valence-electron chi connectivity index (χ0n) is 13.7. The van der Waals surface area contributed by atoms with E-state index in [4.69, 9.17) is 0 Å².